The van der Waals surface area contributed by atoms with Crippen LogP contribution in [0.4, 0.5) is 0 Å². The average Bonchev–Trinajstić information content (AvgIpc) is 2.94. The van der Waals surface area contributed by atoms with E-state index in [-0.39, 0.29) is 5.97 Å². The van der Waals surface area contributed by atoms with Gasteiger partial charge in [-0.15, -0.1) is 0 Å². The fourth-order valence-corrected chi connectivity index (χ4v) is 5.08. The normalized spacial score (nSPS) is 10.9. The summed E-state index contributed by atoms with van der Waals surface area (Å²) in [5, 5.41) is 5.38. The van der Waals surface area contributed by atoms with Crippen molar-refractivity contribution in [2.24, 2.45) is 0 Å². The summed E-state index contributed by atoms with van der Waals surface area (Å²) in [5.41, 5.74) is 6.96. The lowest BCUT2D eigenvalue weighted by atomic mass is 9.85. The molecule has 0 radical (unpaired) electrons. The zero-order valence-corrected chi connectivity index (χ0v) is 21.3. The van der Waals surface area contributed by atoms with Gasteiger partial charge < -0.3 is 4.74 Å². The molecule has 0 spiro atoms. The zero-order chi connectivity index (χ0) is 25.8. The average molecular weight is 503 g/mol. The Morgan fingerprint density at radius 2 is 1.35 bits per heavy atom. The Balaban J connectivity index is 1.62. The number of carbonyl (C=O) groups is 1. The van der Waals surface area contributed by atoms with E-state index in [2.05, 4.69) is 98.1 Å². The number of hydrogen-bond acceptors (Lipinski definition) is 2. The van der Waals surface area contributed by atoms with Crippen molar-refractivity contribution in [3.05, 3.63) is 126 Å². The van der Waals surface area contributed by atoms with Crippen molar-refractivity contribution in [3.63, 3.8) is 0 Å². The number of carbonyl (C=O) groups excluding carboxylic acids is 1. The minimum atomic E-state index is -0.382. The molecule has 0 aliphatic heterocycles. The van der Waals surface area contributed by atoms with Crippen LogP contribution in [0.2, 0.25) is 5.02 Å². The van der Waals surface area contributed by atoms with E-state index in [1.165, 1.54) is 33.5 Å². The van der Waals surface area contributed by atoms with Crippen LogP contribution >= 0.6 is 11.6 Å². The highest BCUT2D eigenvalue weighted by Crippen LogP contribution is 2.44. The first-order valence-electron chi connectivity index (χ1n) is 12.3. The number of ether oxygens (including phenoxy) is 1. The predicted octanol–water partition coefficient (Wildman–Crippen LogP) is 9.29. The number of rotatable bonds is 8. The molecule has 0 saturated heterocycles. The van der Waals surface area contributed by atoms with Crippen LogP contribution in [0.1, 0.15) is 17.5 Å². The summed E-state index contributed by atoms with van der Waals surface area (Å²) < 4.78 is 5.10. The number of halogens is 1. The molecular formula is C34H27ClO2. The van der Waals surface area contributed by atoms with E-state index in [1.54, 1.807) is 0 Å². The minimum Gasteiger partial charge on any atom is -0.463 e. The second kappa shape index (κ2) is 10.9. The first-order valence-corrected chi connectivity index (χ1v) is 12.7. The SMILES string of the molecule is C=CC(=O)OCCCc1ccc(-c2c3ccccc3c(-c3ccc(C=C)cc3)c3ccc(Cl)cc23)cc1. The molecule has 5 rings (SSSR count). The molecule has 37 heavy (non-hydrogen) atoms. The first kappa shape index (κ1) is 24.5. The largest absolute Gasteiger partial charge is 0.463 e. The van der Waals surface area contributed by atoms with E-state index in [0.717, 1.165) is 40.3 Å². The van der Waals surface area contributed by atoms with Crippen molar-refractivity contribution in [3.8, 4) is 22.3 Å². The molecule has 5 aromatic rings. The monoisotopic (exact) mass is 502 g/mol. The van der Waals surface area contributed by atoms with Gasteiger partial charge in [0.15, 0.2) is 0 Å². The quantitative estimate of drug-likeness (QED) is 0.0914. The van der Waals surface area contributed by atoms with Crippen LogP contribution in [0.3, 0.4) is 0 Å². The number of esters is 1. The predicted molar refractivity (Wildman–Crippen MR) is 157 cm³/mol. The van der Waals surface area contributed by atoms with Gasteiger partial charge in [-0.1, -0.05) is 110 Å². The molecule has 3 heteroatoms. The number of aryl methyl sites for hydroxylation is 1. The molecule has 5 aromatic carbocycles. The van der Waals surface area contributed by atoms with Crippen LogP contribution in [0.15, 0.2) is 110 Å². The number of benzene rings is 5. The van der Waals surface area contributed by atoms with E-state index in [9.17, 15) is 4.79 Å². The van der Waals surface area contributed by atoms with Gasteiger partial charge in [0, 0.05) is 11.1 Å². The van der Waals surface area contributed by atoms with Gasteiger partial charge in [0.1, 0.15) is 0 Å². The molecule has 0 fully saturated rings. The summed E-state index contributed by atoms with van der Waals surface area (Å²) in [7, 11) is 0. The standard InChI is InChI=1S/C34H27ClO2/c1-3-23-11-15-25(16-12-23)33-28-9-5-6-10-29(28)34(31-22-27(35)19-20-30(31)33)26-17-13-24(14-18-26)8-7-21-37-32(36)4-2/h3-6,9-20,22H,1-2,7-8,21H2. The molecule has 0 atom stereocenters. The summed E-state index contributed by atoms with van der Waals surface area (Å²) in [6.07, 6.45) is 4.65. The van der Waals surface area contributed by atoms with Crippen LogP contribution in [0, 0.1) is 0 Å². The smallest absolute Gasteiger partial charge is 0.330 e. The van der Waals surface area contributed by atoms with Gasteiger partial charge in [-0.05, 0) is 79.9 Å². The second-order valence-corrected chi connectivity index (χ2v) is 9.42. The molecule has 0 unspecified atom stereocenters. The number of fused-ring (bicyclic) bond motifs is 2. The van der Waals surface area contributed by atoms with Crippen LogP contribution in [-0.4, -0.2) is 12.6 Å². The fraction of sp³-hybridized carbons (Fsp3) is 0.0882. The van der Waals surface area contributed by atoms with Crippen LogP contribution < -0.4 is 0 Å². The van der Waals surface area contributed by atoms with E-state index >= 15 is 0 Å². The lowest BCUT2D eigenvalue weighted by molar-refractivity contribution is -0.137. The lowest BCUT2D eigenvalue weighted by Gasteiger charge is -2.18. The van der Waals surface area contributed by atoms with Crippen molar-refractivity contribution in [1.82, 2.24) is 0 Å². The third-order valence-electron chi connectivity index (χ3n) is 6.68. The zero-order valence-electron chi connectivity index (χ0n) is 20.5. The summed E-state index contributed by atoms with van der Waals surface area (Å²) in [4.78, 5) is 11.3. The molecule has 0 aliphatic rings. The Morgan fingerprint density at radius 1 is 0.757 bits per heavy atom. The molecule has 182 valence electrons. The van der Waals surface area contributed by atoms with Crippen molar-refractivity contribution >= 4 is 45.2 Å². The highest BCUT2D eigenvalue weighted by molar-refractivity contribution is 6.32. The van der Waals surface area contributed by atoms with E-state index in [4.69, 9.17) is 16.3 Å². The Hall–Kier alpha value is -4.14. The summed E-state index contributed by atoms with van der Waals surface area (Å²) >= 11 is 6.54. The summed E-state index contributed by atoms with van der Waals surface area (Å²) in [5.74, 6) is -0.382. The molecule has 0 N–H and O–H groups in total. The van der Waals surface area contributed by atoms with Gasteiger partial charge in [0.2, 0.25) is 0 Å². The van der Waals surface area contributed by atoms with Crippen molar-refractivity contribution in [1.29, 1.82) is 0 Å². The molecule has 2 nitrogen and oxygen atoms in total. The second-order valence-electron chi connectivity index (χ2n) is 8.98. The van der Waals surface area contributed by atoms with Crippen molar-refractivity contribution in [2.75, 3.05) is 6.61 Å². The highest BCUT2D eigenvalue weighted by Gasteiger charge is 2.17. The number of hydrogen-bond donors (Lipinski definition) is 0. The molecule has 0 bridgehead atoms. The first-order chi connectivity index (χ1) is 18.1. The van der Waals surface area contributed by atoms with E-state index in [1.807, 2.05) is 12.1 Å². The van der Waals surface area contributed by atoms with E-state index in [0.29, 0.717) is 11.6 Å². The molecule has 0 saturated carbocycles. The van der Waals surface area contributed by atoms with Crippen LogP contribution in [-0.2, 0) is 16.0 Å². The van der Waals surface area contributed by atoms with Gasteiger partial charge in [0.25, 0.3) is 0 Å². The Morgan fingerprint density at radius 3 is 1.97 bits per heavy atom. The highest BCUT2D eigenvalue weighted by atomic mass is 35.5. The third kappa shape index (κ3) is 5.07. The van der Waals surface area contributed by atoms with Crippen molar-refractivity contribution in [2.45, 2.75) is 12.8 Å². The Labute approximate surface area is 222 Å². The molecule has 0 heterocycles. The van der Waals surface area contributed by atoms with Gasteiger partial charge in [-0.3, -0.25) is 0 Å². The van der Waals surface area contributed by atoms with Crippen molar-refractivity contribution < 1.29 is 9.53 Å². The Bertz CT molecular complexity index is 1610. The third-order valence-corrected chi connectivity index (χ3v) is 6.92. The lowest BCUT2D eigenvalue weighted by Crippen LogP contribution is -2.02. The fourth-order valence-electron chi connectivity index (χ4n) is 4.90. The topological polar surface area (TPSA) is 26.3 Å². The summed E-state index contributed by atoms with van der Waals surface area (Å²) in [6, 6.07) is 31.9. The van der Waals surface area contributed by atoms with Crippen LogP contribution in [0.5, 0.6) is 0 Å². The van der Waals surface area contributed by atoms with Crippen LogP contribution in [0.25, 0.3) is 49.9 Å². The molecule has 0 aromatic heterocycles. The van der Waals surface area contributed by atoms with E-state index < -0.39 is 0 Å². The van der Waals surface area contributed by atoms with Gasteiger partial charge in [-0.25, -0.2) is 4.79 Å². The maximum absolute atomic E-state index is 11.3. The maximum Gasteiger partial charge on any atom is 0.330 e. The maximum atomic E-state index is 11.3. The van der Waals surface area contributed by atoms with Gasteiger partial charge in [0.05, 0.1) is 6.61 Å². The minimum absolute atomic E-state index is 0.382. The molecule has 0 aliphatic carbocycles. The van der Waals surface area contributed by atoms with Gasteiger partial charge in [-0.2, -0.15) is 0 Å². The molecular weight excluding hydrogens is 476 g/mol. The molecule has 0 amide bonds. The van der Waals surface area contributed by atoms with Gasteiger partial charge >= 0.3 is 5.97 Å². The Kier molecular flexibility index (Phi) is 7.20. The summed E-state index contributed by atoms with van der Waals surface area (Å²) in [6.45, 7) is 7.70.